The maximum atomic E-state index is 13.3. The first-order chi connectivity index (χ1) is 9.97. The average molecular weight is 289 g/mol. The van der Waals surface area contributed by atoms with Crippen LogP contribution in [-0.4, -0.2) is 20.0 Å². The summed E-state index contributed by atoms with van der Waals surface area (Å²) in [6.45, 7) is 1.60. The van der Waals surface area contributed by atoms with Gasteiger partial charge in [0.2, 0.25) is 0 Å². The van der Waals surface area contributed by atoms with Crippen molar-refractivity contribution in [2.75, 3.05) is 20.0 Å². The molecule has 0 aliphatic heterocycles. The van der Waals surface area contributed by atoms with Gasteiger partial charge in [0, 0.05) is 11.6 Å². The van der Waals surface area contributed by atoms with Crippen molar-refractivity contribution in [2.45, 2.75) is 6.92 Å². The Morgan fingerprint density at radius 1 is 1.14 bits per heavy atom. The Hall–Kier alpha value is -2.56. The lowest BCUT2D eigenvalue weighted by molar-refractivity contribution is 0.103. The summed E-state index contributed by atoms with van der Waals surface area (Å²) < 4.78 is 23.6. The van der Waals surface area contributed by atoms with Crippen LogP contribution in [0.3, 0.4) is 0 Å². The molecule has 0 spiro atoms. The third-order valence-corrected chi connectivity index (χ3v) is 3.24. The maximum Gasteiger partial charge on any atom is 0.195 e. The molecule has 2 N–H and O–H groups in total. The zero-order valence-corrected chi connectivity index (χ0v) is 12.1. The molecular weight excluding hydrogens is 273 g/mol. The van der Waals surface area contributed by atoms with E-state index in [1.54, 1.807) is 19.1 Å². The number of hydrogen-bond donors (Lipinski definition) is 1. The Morgan fingerprint density at radius 2 is 1.86 bits per heavy atom. The number of rotatable bonds is 4. The molecule has 0 unspecified atom stereocenters. The van der Waals surface area contributed by atoms with Crippen molar-refractivity contribution in [2.24, 2.45) is 0 Å². The van der Waals surface area contributed by atoms with E-state index in [1.165, 1.54) is 32.4 Å². The van der Waals surface area contributed by atoms with E-state index < -0.39 is 0 Å². The van der Waals surface area contributed by atoms with E-state index in [0.717, 1.165) is 0 Å². The SMILES string of the molecule is COc1cc(OC)c(N)c(C(=O)c2ccc(F)c(C)c2)c1. The molecule has 5 heteroatoms. The minimum atomic E-state index is -0.359. The van der Waals surface area contributed by atoms with Crippen LogP contribution in [0, 0.1) is 12.7 Å². The highest BCUT2D eigenvalue weighted by molar-refractivity contribution is 6.13. The van der Waals surface area contributed by atoms with Crippen LogP contribution < -0.4 is 15.2 Å². The molecule has 0 aromatic heterocycles. The van der Waals surface area contributed by atoms with E-state index in [1.807, 2.05) is 0 Å². The highest BCUT2D eigenvalue weighted by atomic mass is 19.1. The number of carbonyl (C=O) groups is 1. The smallest absolute Gasteiger partial charge is 0.195 e. The molecule has 0 bridgehead atoms. The summed E-state index contributed by atoms with van der Waals surface area (Å²) in [4.78, 5) is 12.6. The summed E-state index contributed by atoms with van der Waals surface area (Å²) in [5.41, 5.74) is 7.19. The lowest BCUT2D eigenvalue weighted by atomic mass is 9.99. The molecule has 4 nitrogen and oxygen atoms in total. The number of nitrogen functional groups attached to an aromatic ring is 1. The fourth-order valence-corrected chi connectivity index (χ4v) is 2.02. The molecule has 110 valence electrons. The largest absolute Gasteiger partial charge is 0.497 e. The highest BCUT2D eigenvalue weighted by Crippen LogP contribution is 2.32. The van der Waals surface area contributed by atoms with Crippen LogP contribution in [0.2, 0.25) is 0 Å². The van der Waals surface area contributed by atoms with Crippen LogP contribution in [0.25, 0.3) is 0 Å². The summed E-state index contributed by atoms with van der Waals surface area (Å²) in [7, 11) is 2.95. The lowest BCUT2D eigenvalue weighted by Gasteiger charge is -2.12. The van der Waals surface area contributed by atoms with Gasteiger partial charge in [0.1, 0.15) is 17.3 Å². The van der Waals surface area contributed by atoms with Gasteiger partial charge in [0.05, 0.1) is 25.5 Å². The number of nitrogens with two attached hydrogens (primary N) is 1. The van der Waals surface area contributed by atoms with Gasteiger partial charge in [-0.05, 0) is 36.8 Å². The number of carbonyl (C=O) groups excluding carboxylic acids is 1. The Labute approximate surface area is 122 Å². The first-order valence-corrected chi connectivity index (χ1v) is 6.30. The van der Waals surface area contributed by atoms with Gasteiger partial charge in [0.15, 0.2) is 5.78 Å². The molecule has 21 heavy (non-hydrogen) atoms. The van der Waals surface area contributed by atoms with Crippen molar-refractivity contribution in [3.8, 4) is 11.5 Å². The topological polar surface area (TPSA) is 61.6 Å². The molecule has 2 rings (SSSR count). The van der Waals surface area contributed by atoms with E-state index in [-0.39, 0.29) is 22.9 Å². The van der Waals surface area contributed by atoms with Crippen LogP contribution in [0.1, 0.15) is 21.5 Å². The van der Waals surface area contributed by atoms with Crippen molar-refractivity contribution in [3.63, 3.8) is 0 Å². The Balaban J connectivity index is 2.54. The van der Waals surface area contributed by atoms with Crippen molar-refractivity contribution in [1.29, 1.82) is 0 Å². The van der Waals surface area contributed by atoms with E-state index in [2.05, 4.69) is 0 Å². The Bertz CT molecular complexity index is 698. The molecule has 2 aromatic carbocycles. The minimum absolute atomic E-state index is 0.227. The van der Waals surface area contributed by atoms with E-state index >= 15 is 0 Å². The highest BCUT2D eigenvalue weighted by Gasteiger charge is 2.18. The lowest BCUT2D eigenvalue weighted by Crippen LogP contribution is -2.08. The molecule has 0 radical (unpaired) electrons. The zero-order valence-electron chi connectivity index (χ0n) is 12.1. The zero-order chi connectivity index (χ0) is 15.6. The number of hydrogen-bond acceptors (Lipinski definition) is 4. The molecule has 0 fully saturated rings. The van der Waals surface area contributed by atoms with Crippen molar-refractivity contribution < 1.29 is 18.7 Å². The third-order valence-electron chi connectivity index (χ3n) is 3.24. The Morgan fingerprint density at radius 3 is 2.43 bits per heavy atom. The second-order valence-electron chi connectivity index (χ2n) is 4.58. The van der Waals surface area contributed by atoms with Crippen LogP contribution in [0.5, 0.6) is 11.5 Å². The summed E-state index contributed by atoms with van der Waals surface area (Å²) in [6.07, 6.45) is 0. The second-order valence-corrected chi connectivity index (χ2v) is 4.58. The molecule has 0 atom stereocenters. The Kier molecular flexibility index (Phi) is 4.12. The summed E-state index contributed by atoms with van der Waals surface area (Å²) in [6, 6.07) is 7.32. The standard InChI is InChI=1S/C16H16FNO3/c1-9-6-10(4-5-13(9)17)16(19)12-7-11(20-2)8-14(21-3)15(12)18/h4-8H,18H2,1-3H3. The van der Waals surface area contributed by atoms with Crippen LogP contribution in [-0.2, 0) is 0 Å². The fraction of sp³-hybridized carbons (Fsp3) is 0.188. The van der Waals surface area contributed by atoms with Gasteiger partial charge >= 0.3 is 0 Å². The molecule has 0 saturated carbocycles. The number of halogens is 1. The summed E-state index contributed by atoms with van der Waals surface area (Å²) in [5, 5.41) is 0. The number of aryl methyl sites for hydroxylation is 1. The van der Waals surface area contributed by atoms with Gasteiger partial charge < -0.3 is 15.2 Å². The molecule has 0 heterocycles. The molecule has 0 amide bonds. The van der Waals surface area contributed by atoms with Crippen molar-refractivity contribution in [1.82, 2.24) is 0 Å². The van der Waals surface area contributed by atoms with Crippen LogP contribution in [0.15, 0.2) is 30.3 Å². The van der Waals surface area contributed by atoms with Crippen LogP contribution in [0.4, 0.5) is 10.1 Å². The van der Waals surface area contributed by atoms with Gasteiger partial charge in [-0.25, -0.2) is 4.39 Å². The van der Waals surface area contributed by atoms with E-state index in [9.17, 15) is 9.18 Å². The van der Waals surface area contributed by atoms with E-state index in [4.69, 9.17) is 15.2 Å². The number of ether oxygens (including phenoxy) is 2. The summed E-state index contributed by atoms with van der Waals surface area (Å²) >= 11 is 0. The molecular formula is C16H16FNO3. The minimum Gasteiger partial charge on any atom is -0.497 e. The van der Waals surface area contributed by atoms with Crippen molar-refractivity contribution >= 4 is 11.5 Å². The predicted octanol–water partition coefficient (Wildman–Crippen LogP) is 2.96. The average Bonchev–Trinajstić information content (AvgIpc) is 2.49. The molecule has 0 saturated heterocycles. The maximum absolute atomic E-state index is 13.3. The molecule has 2 aromatic rings. The van der Waals surface area contributed by atoms with Gasteiger partial charge in [-0.15, -0.1) is 0 Å². The van der Waals surface area contributed by atoms with Gasteiger partial charge in [-0.3, -0.25) is 4.79 Å². The monoisotopic (exact) mass is 289 g/mol. The predicted molar refractivity (Wildman–Crippen MR) is 78.5 cm³/mol. The number of anilines is 1. The number of benzene rings is 2. The first-order valence-electron chi connectivity index (χ1n) is 6.30. The molecule has 0 aliphatic carbocycles. The number of ketones is 1. The number of methoxy groups -OCH3 is 2. The fourth-order valence-electron chi connectivity index (χ4n) is 2.02. The first kappa shape index (κ1) is 14.8. The van der Waals surface area contributed by atoms with Crippen LogP contribution >= 0.6 is 0 Å². The third kappa shape index (κ3) is 2.81. The quantitative estimate of drug-likeness (QED) is 0.694. The van der Waals surface area contributed by atoms with Gasteiger partial charge in [0.25, 0.3) is 0 Å². The summed E-state index contributed by atoms with van der Waals surface area (Å²) in [5.74, 6) is 0.148. The van der Waals surface area contributed by atoms with Gasteiger partial charge in [-0.2, -0.15) is 0 Å². The van der Waals surface area contributed by atoms with E-state index in [0.29, 0.717) is 22.6 Å². The normalized spacial score (nSPS) is 10.3. The second kappa shape index (κ2) is 5.83. The molecule has 0 aliphatic rings. The van der Waals surface area contributed by atoms with Gasteiger partial charge in [-0.1, -0.05) is 0 Å². The van der Waals surface area contributed by atoms with Crippen molar-refractivity contribution in [3.05, 3.63) is 52.8 Å².